The van der Waals surface area contributed by atoms with Crippen LogP contribution in [0.2, 0.25) is 5.15 Å². The minimum absolute atomic E-state index is 0.136. The van der Waals surface area contributed by atoms with Gasteiger partial charge in [-0.2, -0.15) is 0 Å². The largest absolute Gasteiger partial charge is 0.386 e. The van der Waals surface area contributed by atoms with Crippen LogP contribution in [0, 0.1) is 5.92 Å². The Morgan fingerprint density at radius 1 is 1.30 bits per heavy atom. The maximum absolute atomic E-state index is 12.7. The number of rotatable bonds is 8. The fourth-order valence-corrected chi connectivity index (χ4v) is 3.89. The van der Waals surface area contributed by atoms with Crippen molar-refractivity contribution in [1.82, 2.24) is 15.6 Å². The standard InChI is InChI=1S/C24H35ClN4O/c1-15(2)10-17(5)11-22(26)27-13-18-6-8-20(9-7-18)29-24(30)21-12-19(16(3)4)14-28-23(21)25/h10-12,14,16,18,20,27H,1,6-9,13,26H2,2-5H3,(H,29,30)/b17-10-,22-11+. The number of pyridine rings is 1. The SMILES string of the molecule is C=C(C)/C=C(C)\C=C(/N)NCC1CCC(NC(=O)c2cc(C(C)C)cnc2Cl)CC1. The van der Waals surface area contributed by atoms with Gasteiger partial charge in [-0.05, 0) is 74.6 Å². The van der Waals surface area contributed by atoms with Crippen LogP contribution in [0.15, 0.2) is 48.0 Å². The topological polar surface area (TPSA) is 80.0 Å². The second-order valence-electron chi connectivity index (χ2n) is 8.67. The highest BCUT2D eigenvalue weighted by Gasteiger charge is 2.24. The minimum atomic E-state index is -0.136. The zero-order valence-corrected chi connectivity index (χ0v) is 19.4. The quantitative estimate of drug-likeness (QED) is 0.397. The van der Waals surface area contributed by atoms with Gasteiger partial charge in [0, 0.05) is 18.8 Å². The molecular formula is C24H35ClN4O. The number of allylic oxidation sites excluding steroid dienone is 4. The predicted molar refractivity (Wildman–Crippen MR) is 125 cm³/mol. The van der Waals surface area contributed by atoms with E-state index in [1.54, 1.807) is 6.20 Å². The summed E-state index contributed by atoms with van der Waals surface area (Å²) >= 11 is 6.17. The van der Waals surface area contributed by atoms with E-state index >= 15 is 0 Å². The van der Waals surface area contributed by atoms with Crippen molar-refractivity contribution in [2.24, 2.45) is 11.7 Å². The molecule has 1 aliphatic carbocycles. The van der Waals surface area contributed by atoms with E-state index in [-0.39, 0.29) is 17.1 Å². The summed E-state index contributed by atoms with van der Waals surface area (Å²) in [5.74, 6) is 1.38. The van der Waals surface area contributed by atoms with Gasteiger partial charge in [-0.1, -0.05) is 43.7 Å². The molecule has 4 N–H and O–H groups in total. The first-order chi connectivity index (χ1) is 14.2. The lowest BCUT2D eigenvalue weighted by atomic mass is 9.86. The molecule has 30 heavy (non-hydrogen) atoms. The first-order valence-corrected chi connectivity index (χ1v) is 11.0. The zero-order chi connectivity index (χ0) is 22.3. The summed E-state index contributed by atoms with van der Waals surface area (Å²) in [6, 6.07) is 2.02. The van der Waals surface area contributed by atoms with Crippen LogP contribution in [0.4, 0.5) is 0 Å². The zero-order valence-electron chi connectivity index (χ0n) is 18.6. The summed E-state index contributed by atoms with van der Waals surface area (Å²) in [7, 11) is 0. The molecule has 0 atom stereocenters. The normalized spacial score (nSPS) is 20.2. The Balaban J connectivity index is 1.82. The lowest BCUT2D eigenvalue weighted by molar-refractivity contribution is 0.0921. The molecule has 1 aliphatic rings. The summed E-state index contributed by atoms with van der Waals surface area (Å²) in [6.45, 7) is 12.8. The maximum atomic E-state index is 12.7. The van der Waals surface area contributed by atoms with E-state index in [1.165, 1.54) is 0 Å². The summed E-state index contributed by atoms with van der Waals surface area (Å²) in [5, 5.41) is 6.71. The number of hydrogen-bond donors (Lipinski definition) is 3. The van der Waals surface area contributed by atoms with Crippen molar-refractivity contribution in [3.8, 4) is 0 Å². The second-order valence-corrected chi connectivity index (χ2v) is 9.03. The van der Waals surface area contributed by atoms with Crippen LogP contribution in [0.3, 0.4) is 0 Å². The van der Waals surface area contributed by atoms with E-state index in [0.29, 0.717) is 23.2 Å². The highest BCUT2D eigenvalue weighted by molar-refractivity contribution is 6.32. The first kappa shape index (κ1) is 24.0. The number of carbonyl (C=O) groups excluding carboxylic acids is 1. The monoisotopic (exact) mass is 430 g/mol. The number of nitrogens with one attached hydrogen (secondary N) is 2. The number of nitrogens with zero attached hydrogens (tertiary/aromatic N) is 1. The smallest absolute Gasteiger partial charge is 0.254 e. The molecule has 1 aromatic heterocycles. The molecule has 0 aromatic carbocycles. The van der Waals surface area contributed by atoms with Crippen molar-refractivity contribution in [1.29, 1.82) is 0 Å². The number of amides is 1. The number of nitrogens with two attached hydrogens (primary N) is 1. The molecule has 5 nitrogen and oxygen atoms in total. The number of aromatic nitrogens is 1. The molecule has 2 rings (SSSR count). The molecule has 164 valence electrons. The summed E-state index contributed by atoms with van der Waals surface area (Å²) in [4.78, 5) is 16.9. The molecule has 0 radical (unpaired) electrons. The molecule has 1 amide bonds. The van der Waals surface area contributed by atoms with Gasteiger partial charge in [0.05, 0.1) is 11.4 Å². The summed E-state index contributed by atoms with van der Waals surface area (Å²) in [6.07, 6.45) is 9.66. The highest BCUT2D eigenvalue weighted by atomic mass is 35.5. The third-order valence-corrected chi connectivity index (χ3v) is 5.71. The van der Waals surface area contributed by atoms with Crippen LogP contribution in [0.1, 0.15) is 75.2 Å². The molecular weight excluding hydrogens is 396 g/mol. The van der Waals surface area contributed by atoms with Crippen LogP contribution < -0.4 is 16.4 Å². The molecule has 0 bridgehead atoms. The van der Waals surface area contributed by atoms with Crippen molar-refractivity contribution >= 4 is 17.5 Å². The average Bonchev–Trinajstić information content (AvgIpc) is 2.66. The molecule has 1 fully saturated rings. The summed E-state index contributed by atoms with van der Waals surface area (Å²) < 4.78 is 0. The van der Waals surface area contributed by atoms with Crippen LogP contribution in [0.5, 0.6) is 0 Å². The van der Waals surface area contributed by atoms with E-state index < -0.39 is 0 Å². The number of halogens is 1. The first-order valence-electron chi connectivity index (χ1n) is 10.7. The Morgan fingerprint density at radius 2 is 1.97 bits per heavy atom. The van der Waals surface area contributed by atoms with Crippen LogP contribution in [-0.2, 0) is 0 Å². The van der Waals surface area contributed by atoms with Gasteiger partial charge in [-0.25, -0.2) is 4.98 Å². The van der Waals surface area contributed by atoms with Gasteiger partial charge in [-0.3, -0.25) is 4.79 Å². The number of hydrogen-bond acceptors (Lipinski definition) is 4. The fourth-order valence-electron chi connectivity index (χ4n) is 3.70. The highest BCUT2D eigenvalue weighted by Crippen LogP contribution is 2.25. The molecule has 0 saturated heterocycles. The average molecular weight is 431 g/mol. The van der Waals surface area contributed by atoms with E-state index in [9.17, 15) is 4.79 Å². The maximum Gasteiger partial charge on any atom is 0.254 e. The van der Waals surface area contributed by atoms with Gasteiger partial charge in [0.1, 0.15) is 5.15 Å². The molecule has 1 saturated carbocycles. The van der Waals surface area contributed by atoms with Crippen molar-refractivity contribution < 1.29 is 4.79 Å². The molecule has 6 heteroatoms. The third kappa shape index (κ3) is 7.52. The minimum Gasteiger partial charge on any atom is -0.386 e. The lowest BCUT2D eigenvalue weighted by Gasteiger charge is -2.29. The molecule has 0 unspecified atom stereocenters. The van der Waals surface area contributed by atoms with E-state index in [1.807, 2.05) is 32.1 Å². The van der Waals surface area contributed by atoms with Crippen LogP contribution in [0.25, 0.3) is 0 Å². The molecule has 0 spiro atoms. The van der Waals surface area contributed by atoms with Crippen LogP contribution in [-0.4, -0.2) is 23.5 Å². The molecule has 0 aliphatic heterocycles. The Hall–Kier alpha value is -2.27. The van der Waals surface area contributed by atoms with E-state index in [2.05, 4.69) is 36.0 Å². The fraction of sp³-hybridized carbons (Fsp3) is 0.500. The lowest BCUT2D eigenvalue weighted by Crippen LogP contribution is -2.39. The van der Waals surface area contributed by atoms with Crippen molar-refractivity contribution in [2.45, 2.75) is 65.3 Å². The second kappa shape index (κ2) is 11.2. The van der Waals surface area contributed by atoms with Crippen molar-refractivity contribution in [2.75, 3.05) is 6.54 Å². The van der Waals surface area contributed by atoms with Gasteiger partial charge in [0.15, 0.2) is 0 Å². The summed E-state index contributed by atoms with van der Waals surface area (Å²) in [5.41, 5.74) is 9.63. The Kier molecular flexibility index (Phi) is 8.97. The van der Waals surface area contributed by atoms with Crippen molar-refractivity contribution in [3.05, 3.63) is 64.2 Å². The van der Waals surface area contributed by atoms with Gasteiger partial charge in [0.2, 0.25) is 0 Å². The van der Waals surface area contributed by atoms with E-state index in [4.69, 9.17) is 17.3 Å². The Morgan fingerprint density at radius 3 is 2.57 bits per heavy atom. The van der Waals surface area contributed by atoms with E-state index in [0.717, 1.165) is 48.9 Å². The van der Waals surface area contributed by atoms with Crippen LogP contribution >= 0.6 is 11.6 Å². The number of carbonyl (C=O) groups is 1. The Labute approximate surface area is 185 Å². The van der Waals surface area contributed by atoms with Gasteiger partial charge in [-0.15, -0.1) is 0 Å². The Bertz CT molecular complexity index is 820. The molecule has 1 aromatic rings. The molecule has 1 heterocycles. The van der Waals surface area contributed by atoms with Gasteiger partial charge in [0.25, 0.3) is 5.91 Å². The van der Waals surface area contributed by atoms with Gasteiger partial charge < -0.3 is 16.4 Å². The third-order valence-electron chi connectivity index (χ3n) is 5.41. The predicted octanol–water partition coefficient (Wildman–Crippen LogP) is 5.06. The van der Waals surface area contributed by atoms with Gasteiger partial charge >= 0.3 is 0 Å². The van der Waals surface area contributed by atoms with Crippen molar-refractivity contribution in [3.63, 3.8) is 0 Å².